The fourth-order valence-electron chi connectivity index (χ4n) is 1.69. The molecule has 0 saturated heterocycles. The molecule has 17 heavy (non-hydrogen) atoms. The number of furan rings is 1. The van der Waals surface area contributed by atoms with Gasteiger partial charge in [0.1, 0.15) is 11.5 Å². The fourth-order valence-corrected chi connectivity index (χ4v) is 1.95. The molecule has 0 aromatic carbocycles. The molecule has 2 heterocycles. The Kier molecular flexibility index (Phi) is 3.38. The minimum absolute atomic E-state index is 0.0971. The van der Waals surface area contributed by atoms with Crippen LogP contribution in [-0.2, 0) is 11.2 Å². The molecule has 1 aromatic rings. The highest BCUT2D eigenvalue weighted by Gasteiger charge is 2.30. The van der Waals surface area contributed by atoms with Gasteiger partial charge in [0.15, 0.2) is 0 Å². The first-order chi connectivity index (χ1) is 8.08. The number of hydrogen-bond acceptors (Lipinski definition) is 3. The van der Waals surface area contributed by atoms with Gasteiger partial charge in [0.25, 0.3) is 5.91 Å². The third-order valence-electron chi connectivity index (χ3n) is 2.42. The molecular weight excluding hydrogens is 236 g/mol. The summed E-state index contributed by atoms with van der Waals surface area (Å²) < 4.78 is 5.20. The maximum absolute atomic E-state index is 12.0. The van der Waals surface area contributed by atoms with Gasteiger partial charge in [-0.2, -0.15) is 0 Å². The number of nitrogens with zero attached hydrogens (tertiary/aromatic N) is 2. The Bertz CT molecular complexity index is 463. The van der Waals surface area contributed by atoms with Gasteiger partial charge in [0.05, 0.1) is 12.7 Å². The summed E-state index contributed by atoms with van der Waals surface area (Å²) in [7, 11) is 0. The van der Waals surface area contributed by atoms with Crippen molar-refractivity contribution in [3.63, 3.8) is 0 Å². The highest BCUT2D eigenvalue weighted by atomic mass is 32.1. The van der Waals surface area contributed by atoms with E-state index in [1.54, 1.807) is 17.2 Å². The van der Waals surface area contributed by atoms with E-state index in [4.69, 9.17) is 16.6 Å². The molecule has 1 amide bonds. The summed E-state index contributed by atoms with van der Waals surface area (Å²) in [5.74, 6) is 1.00. The molecule has 90 valence electrons. The Morgan fingerprint density at radius 2 is 2.29 bits per heavy atom. The van der Waals surface area contributed by atoms with E-state index >= 15 is 0 Å². The third-order valence-corrected chi connectivity index (χ3v) is 2.73. The van der Waals surface area contributed by atoms with Crippen molar-refractivity contribution >= 4 is 28.9 Å². The molecule has 4 nitrogen and oxygen atoms in total. The number of thiocarbonyl (C=S) groups is 1. The lowest BCUT2D eigenvalue weighted by molar-refractivity contribution is -0.120. The molecular formula is C12H14N2O2S. The monoisotopic (exact) mass is 250 g/mol. The van der Waals surface area contributed by atoms with E-state index in [9.17, 15) is 4.79 Å². The molecule has 0 fully saturated rings. The van der Waals surface area contributed by atoms with Crippen molar-refractivity contribution < 1.29 is 9.21 Å². The zero-order valence-corrected chi connectivity index (χ0v) is 10.7. The van der Waals surface area contributed by atoms with E-state index in [-0.39, 0.29) is 5.91 Å². The van der Waals surface area contributed by atoms with Gasteiger partial charge in [-0.3, -0.25) is 9.69 Å². The Hall–Kier alpha value is -1.49. The van der Waals surface area contributed by atoms with Crippen LogP contribution in [0.4, 0.5) is 0 Å². The number of hydrogen-bond donors (Lipinski definition) is 0. The Morgan fingerprint density at radius 3 is 2.88 bits per heavy atom. The van der Waals surface area contributed by atoms with E-state index < -0.39 is 0 Å². The van der Waals surface area contributed by atoms with Gasteiger partial charge in [-0.05, 0) is 30.3 Å². The zero-order valence-electron chi connectivity index (χ0n) is 9.84. The summed E-state index contributed by atoms with van der Waals surface area (Å²) in [6.07, 6.45) is 1.99. The van der Waals surface area contributed by atoms with E-state index in [2.05, 4.69) is 4.99 Å². The molecule has 1 aliphatic heterocycles. The van der Waals surface area contributed by atoms with Crippen molar-refractivity contribution in [2.45, 2.75) is 20.3 Å². The molecule has 0 saturated carbocycles. The first kappa shape index (κ1) is 12.0. The second kappa shape index (κ2) is 4.79. The molecule has 0 unspecified atom stereocenters. The summed E-state index contributed by atoms with van der Waals surface area (Å²) in [6, 6.07) is 3.61. The molecule has 5 heteroatoms. The van der Waals surface area contributed by atoms with Crippen molar-refractivity contribution in [1.29, 1.82) is 0 Å². The molecule has 0 spiro atoms. The van der Waals surface area contributed by atoms with Crippen LogP contribution < -0.4 is 0 Å². The van der Waals surface area contributed by atoms with Crippen LogP contribution in [0.1, 0.15) is 19.6 Å². The van der Waals surface area contributed by atoms with Crippen LogP contribution in [0.5, 0.6) is 0 Å². The van der Waals surface area contributed by atoms with Crippen LogP contribution in [0.15, 0.2) is 27.8 Å². The van der Waals surface area contributed by atoms with E-state index in [1.165, 1.54) is 0 Å². The van der Waals surface area contributed by atoms with Gasteiger partial charge >= 0.3 is 0 Å². The highest BCUT2D eigenvalue weighted by molar-refractivity contribution is 7.80. The lowest BCUT2D eigenvalue weighted by Gasteiger charge is -2.16. The maximum Gasteiger partial charge on any atom is 0.275 e. The Balaban J connectivity index is 2.08. The lowest BCUT2D eigenvalue weighted by Crippen LogP contribution is -2.35. The normalized spacial score (nSPS) is 15.9. The summed E-state index contributed by atoms with van der Waals surface area (Å²) in [5.41, 5.74) is 0.464. The lowest BCUT2D eigenvalue weighted by atomic mass is 10.2. The van der Waals surface area contributed by atoms with Crippen LogP contribution in [0, 0.1) is 5.92 Å². The van der Waals surface area contributed by atoms with E-state index in [0.29, 0.717) is 29.7 Å². The summed E-state index contributed by atoms with van der Waals surface area (Å²) in [4.78, 5) is 17.7. The molecule has 0 bridgehead atoms. The summed E-state index contributed by atoms with van der Waals surface area (Å²) in [6.45, 7) is 4.70. The highest BCUT2D eigenvalue weighted by Crippen LogP contribution is 2.13. The number of aliphatic imine (C=N–C) groups is 1. The van der Waals surface area contributed by atoms with Crippen LogP contribution in [-0.4, -0.2) is 28.2 Å². The van der Waals surface area contributed by atoms with Gasteiger partial charge in [0.2, 0.25) is 5.11 Å². The maximum atomic E-state index is 12.0. The number of rotatable bonds is 4. The predicted molar refractivity (Wildman–Crippen MR) is 69.0 cm³/mol. The minimum atomic E-state index is -0.0971. The van der Waals surface area contributed by atoms with E-state index in [1.807, 2.05) is 19.9 Å². The second-order valence-corrected chi connectivity index (χ2v) is 4.77. The molecule has 0 aliphatic carbocycles. The first-order valence-electron chi connectivity index (χ1n) is 5.53. The van der Waals surface area contributed by atoms with Crippen LogP contribution in [0.3, 0.4) is 0 Å². The van der Waals surface area contributed by atoms with Gasteiger partial charge < -0.3 is 4.42 Å². The third kappa shape index (κ3) is 2.61. The predicted octanol–water partition coefficient (Wildman–Crippen LogP) is 2.05. The second-order valence-electron chi connectivity index (χ2n) is 4.41. The van der Waals surface area contributed by atoms with Gasteiger partial charge in [-0.15, -0.1) is 0 Å². The summed E-state index contributed by atoms with van der Waals surface area (Å²) >= 11 is 5.10. The van der Waals surface area contributed by atoms with Crippen molar-refractivity contribution in [3.05, 3.63) is 24.2 Å². The van der Waals surface area contributed by atoms with Crippen LogP contribution in [0.2, 0.25) is 0 Å². The molecule has 0 atom stereocenters. The quantitative estimate of drug-likeness (QED) is 0.768. The van der Waals surface area contributed by atoms with Crippen molar-refractivity contribution in [1.82, 2.24) is 4.90 Å². The molecule has 0 N–H and O–H groups in total. The largest absolute Gasteiger partial charge is 0.469 e. The minimum Gasteiger partial charge on any atom is -0.469 e. The number of carbonyl (C=O) groups excluding carboxylic acids is 1. The molecule has 0 radical (unpaired) electrons. The SMILES string of the molecule is CC(C)CN1C(=O)C(Cc2ccco2)=NC1=S. The smallest absolute Gasteiger partial charge is 0.275 e. The zero-order chi connectivity index (χ0) is 12.4. The van der Waals surface area contributed by atoms with Gasteiger partial charge in [-0.25, -0.2) is 4.99 Å². The van der Waals surface area contributed by atoms with E-state index in [0.717, 1.165) is 5.76 Å². The number of carbonyl (C=O) groups is 1. The van der Waals surface area contributed by atoms with Crippen LogP contribution in [0.25, 0.3) is 0 Å². The van der Waals surface area contributed by atoms with Gasteiger partial charge in [-0.1, -0.05) is 13.8 Å². The molecule has 1 aromatic heterocycles. The Labute approximate surface area is 105 Å². The van der Waals surface area contributed by atoms with Crippen molar-refractivity contribution in [2.75, 3.05) is 6.54 Å². The van der Waals surface area contributed by atoms with Gasteiger partial charge in [0, 0.05) is 6.54 Å². The summed E-state index contributed by atoms with van der Waals surface area (Å²) in [5, 5.41) is 0.366. The average molecular weight is 250 g/mol. The topological polar surface area (TPSA) is 45.8 Å². The van der Waals surface area contributed by atoms with Crippen molar-refractivity contribution in [2.24, 2.45) is 10.9 Å². The number of amides is 1. The Morgan fingerprint density at radius 1 is 1.53 bits per heavy atom. The standard InChI is InChI=1S/C12H14N2O2S/c1-8(2)7-14-11(15)10(13-12(14)17)6-9-4-3-5-16-9/h3-5,8H,6-7H2,1-2H3. The average Bonchev–Trinajstić information content (AvgIpc) is 2.83. The van der Waals surface area contributed by atoms with Crippen LogP contribution >= 0.6 is 12.2 Å². The fraction of sp³-hybridized carbons (Fsp3) is 0.417. The first-order valence-corrected chi connectivity index (χ1v) is 5.94. The molecule has 1 aliphatic rings. The van der Waals surface area contributed by atoms with Crippen molar-refractivity contribution in [3.8, 4) is 0 Å². The molecule has 2 rings (SSSR count).